The van der Waals surface area contributed by atoms with Crippen molar-refractivity contribution in [1.29, 1.82) is 0 Å². The van der Waals surface area contributed by atoms with E-state index in [1.165, 1.54) is 11.8 Å². The van der Waals surface area contributed by atoms with Crippen LogP contribution in [0.25, 0.3) is 16.9 Å². The summed E-state index contributed by atoms with van der Waals surface area (Å²) in [6, 6.07) is 15.9. The molecular weight excluding hydrogens is 416 g/mol. The Labute approximate surface area is 191 Å². The number of imidazole rings is 1. The van der Waals surface area contributed by atoms with Crippen LogP contribution in [-0.2, 0) is 9.53 Å². The largest absolute Gasteiger partial charge is 0.378 e. The van der Waals surface area contributed by atoms with Gasteiger partial charge in [-0.2, -0.15) is 0 Å². The lowest BCUT2D eigenvalue weighted by molar-refractivity contribution is -0.111. The Morgan fingerprint density at radius 3 is 2.64 bits per heavy atom. The van der Waals surface area contributed by atoms with Gasteiger partial charge in [-0.3, -0.25) is 9.20 Å². The summed E-state index contributed by atoms with van der Waals surface area (Å²) < 4.78 is 7.41. The molecule has 1 saturated heterocycles. The molecule has 2 aromatic carbocycles. The van der Waals surface area contributed by atoms with Crippen LogP contribution >= 0.6 is 0 Å². The first-order chi connectivity index (χ1) is 16.2. The Hall–Kier alpha value is -4.17. The maximum atomic E-state index is 11.6. The molecule has 0 saturated carbocycles. The number of fused-ring (bicyclic) bond motifs is 1. The number of carbonyl (C=O) groups is 1. The summed E-state index contributed by atoms with van der Waals surface area (Å²) in [5, 5.41) is 6.16. The Bertz CT molecular complexity index is 1290. The molecule has 5 rings (SSSR count). The van der Waals surface area contributed by atoms with Crippen LogP contribution in [0.15, 0.2) is 79.8 Å². The minimum absolute atomic E-state index is 0.249. The third kappa shape index (κ3) is 4.56. The van der Waals surface area contributed by atoms with Gasteiger partial charge in [0.15, 0.2) is 5.65 Å². The van der Waals surface area contributed by atoms with Crippen molar-refractivity contribution in [3.05, 3.63) is 79.8 Å². The fourth-order valence-electron chi connectivity index (χ4n) is 3.84. The Morgan fingerprint density at radius 1 is 1.03 bits per heavy atom. The zero-order chi connectivity index (χ0) is 22.6. The van der Waals surface area contributed by atoms with Gasteiger partial charge in [0, 0.05) is 35.7 Å². The van der Waals surface area contributed by atoms with E-state index < -0.39 is 0 Å². The monoisotopic (exact) mass is 440 g/mol. The van der Waals surface area contributed by atoms with E-state index in [9.17, 15) is 4.79 Å². The van der Waals surface area contributed by atoms with Crippen LogP contribution in [-0.4, -0.2) is 46.6 Å². The second-order valence-corrected chi connectivity index (χ2v) is 7.69. The molecule has 0 aliphatic carbocycles. The summed E-state index contributed by atoms with van der Waals surface area (Å²) in [5.74, 6) is 0.456. The van der Waals surface area contributed by atoms with E-state index in [2.05, 4.69) is 56.3 Å². The summed E-state index contributed by atoms with van der Waals surface area (Å²) in [5.41, 5.74) is 5.39. The first-order valence-electron chi connectivity index (χ1n) is 10.8. The maximum Gasteiger partial charge on any atom is 0.247 e. The summed E-state index contributed by atoms with van der Waals surface area (Å²) in [7, 11) is 0. The molecule has 8 heteroatoms. The molecule has 0 bridgehead atoms. The number of nitrogens with zero attached hydrogens (tertiary/aromatic N) is 4. The second kappa shape index (κ2) is 9.13. The highest BCUT2D eigenvalue weighted by molar-refractivity contribution is 5.99. The number of nitrogens with one attached hydrogen (secondary N) is 2. The fraction of sp³-hybridized carbons (Fsp3) is 0.160. The van der Waals surface area contributed by atoms with Crippen molar-refractivity contribution < 1.29 is 9.53 Å². The quantitative estimate of drug-likeness (QED) is 0.439. The third-order valence-corrected chi connectivity index (χ3v) is 5.52. The number of hydrogen-bond acceptors (Lipinski definition) is 6. The lowest BCUT2D eigenvalue weighted by Gasteiger charge is -2.28. The van der Waals surface area contributed by atoms with Crippen molar-refractivity contribution in [2.45, 2.75) is 0 Å². The number of anilines is 4. The van der Waals surface area contributed by atoms with Gasteiger partial charge in [-0.25, -0.2) is 9.97 Å². The smallest absolute Gasteiger partial charge is 0.247 e. The number of aromatic nitrogens is 3. The molecule has 1 aliphatic heterocycles. The van der Waals surface area contributed by atoms with E-state index in [1.807, 2.05) is 34.9 Å². The van der Waals surface area contributed by atoms with E-state index in [-0.39, 0.29) is 5.91 Å². The summed E-state index contributed by atoms with van der Waals surface area (Å²) in [4.78, 5) is 22.9. The van der Waals surface area contributed by atoms with E-state index in [0.29, 0.717) is 11.5 Å². The molecule has 166 valence electrons. The molecule has 0 atom stereocenters. The van der Waals surface area contributed by atoms with Crippen LogP contribution in [0.4, 0.5) is 22.9 Å². The molecule has 3 heterocycles. The maximum absolute atomic E-state index is 11.6. The molecule has 1 amide bonds. The lowest BCUT2D eigenvalue weighted by atomic mass is 10.1. The lowest BCUT2D eigenvalue weighted by Crippen LogP contribution is -2.36. The van der Waals surface area contributed by atoms with Crippen LogP contribution in [0.3, 0.4) is 0 Å². The number of carbonyl (C=O) groups excluding carboxylic acids is 1. The topological polar surface area (TPSA) is 83.8 Å². The zero-order valence-corrected chi connectivity index (χ0v) is 18.1. The van der Waals surface area contributed by atoms with E-state index in [0.717, 1.165) is 48.9 Å². The Balaban J connectivity index is 1.38. The molecule has 0 unspecified atom stereocenters. The molecule has 0 radical (unpaired) electrons. The van der Waals surface area contributed by atoms with Gasteiger partial charge in [0.25, 0.3) is 0 Å². The first-order valence-corrected chi connectivity index (χ1v) is 10.8. The SMILES string of the molecule is C=CC(=O)Nc1cccc(-c2cnc3cnc(Nc4ccc(N5CCOCC5)cc4)cn23)c1. The van der Waals surface area contributed by atoms with Gasteiger partial charge in [-0.05, 0) is 42.5 Å². The molecule has 33 heavy (non-hydrogen) atoms. The van der Waals surface area contributed by atoms with Crippen molar-refractivity contribution in [2.75, 3.05) is 41.8 Å². The third-order valence-electron chi connectivity index (χ3n) is 5.52. The van der Waals surface area contributed by atoms with E-state index >= 15 is 0 Å². The molecule has 2 N–H and O–H groups in total. The molecule has 1 aliphatic rings. The first kappa shape index (κ1) is 20.7. The van der Waals surface area contributed by atoms with Crippen LogP contribution in [0.5, 0.6) is 0 Å². The predicted molar refractivity (Wildman–Crippen MR) is 130 cm³/mol. The number of amides is 1. The number of hydrogen-bond donors (Lipinski definition) is 2. The molecule has 1 fully saturated rings. The van der Waals surface area contributed by atoms with Gasteiger partial charge < -0.3 is 20.3 Å². The average molecular weight is 441 g/mol. The normalized spacial score (nSPS) is 13.6. The van der Waals surface area contributed by atoms with Gasteiger partial charge in [0.1, 0.15) is 5.82 Å². The van der Waals surface area contributed by atoms with Crippen LogP contribution in [0.2, 0.25) is 0 Å². The van der Waals surface area contributed by atoms with Gasteiger partial charge in [-0.15, -0.1) is 0 Å². The van der Waals surface area contributed by atoms with Gasteiger partial charge >= 0.3 is 0 Å². The minimum Gasteiger partial charge on any atom is -0.378 e. The van der Waals surface area contributed by atoms with Crippen LogP contribution < -0.4 is 15.5 Å². The van der Waals surface area contributed by atoms with Gasteiger partial charge in [-0.1, -0.05) is 18.7 Å². The molecule has 4 aromatic rings. The molecular formula is C25H24N6O2. The Kier molecular flexibility index (Phi) is 5.73. The highest BCUT2D eigenvalue weighted by Gasteiger charge is 2.12. The zero-order valence-electron chi connectivity index (χ0n) is 18.1. The van der Waals surface area contributed by atoms with Crippen molar-refractivity contribution in [1.82, 2.24) is 14.4 Å². The van der Waals surface area contributed by atoms with E-state index in [1.54, 1.807) is 12.4 Å². The number of morpholine rings is 1. The van der Waals surface area contributed by atoms with Crippen molar-refractivity contribution in [3.8, 4) is 11.3 Å². The molecule has 2 aromatic heterocycles. The average Bonchev–Trinajstić information content (AvgIpc) is 3.28. The minimum atomic E-state index is -0.249. The van der Waals surface area contributed by atoms with Gasteiger partial charge in [0.2, 0.25) is 5.91 Å². The number of rotatable bonds is 6. The number of ether oxygens (including phenoxy) is 1. The number of benzene rings is 2. The van der Waals surface area contributed by atoms with E-state index in [4.69, 9.17) is 4.74 Å². The van der Waals surface area contributed by atoms with Gasteiger partial charge in [0.05, 0.1) is 37.5 Å². The summed E-state index contributed by atoms with van der Waals surface area (Å²) in [6.07, 6.45) is 6.70. The predicted octanol–water partition coefficient (Wildman–Crippen LogP) is 4.10. The van der Waals surface area contributed by atoms with Crippen LogP contribution in [0.1, 0.15) is 0 Å². The molecule has 0 spiro atoms. The summed E-state index contributed by atoms with van der Waals surface area (Å²) >= 11 is 0. The Morgan fingerprint density at radius 2 is 1.85 bits per heavy atom. The fourth-order valence-corrected chi connectivity index (χ4v) is 3.84. The van der Waals surface area contributed by atoms with Crippen LogP contribution in [0, 0.1) is 0 Å². The highest BCUT2D eigenvalue weighted by atomic mass is 16.5. The highest BCUT2D eigenvalue weighted by Crippen LogP contribution is 2.26. The summed E-state index contributed by atoms with van der Waals surface area (Å²) in [6.45, 7) is 6.84. The van der Waals surface area contributed by atoms with Crippen molar-refractivity contribution in [2.24, 2.45) is 0 Å². The molecule has 8 nitrogen and oxygen atoms in total. The van der Waals surface area contributed by atoms with Crippen molar-refractivity contribution >= 4 is 34.4 Å². The second-order valence-electron chi connectivity index (χ2n) is 7.69. The van der Waals surface area contributed by atoms with Crippen molar-refractivity contribution in [3.63, 3.8) is 0 Å². The standard InChI is InChI=1S/C25H24N6O2/c1-2-25(32)29-20-5-3-4-18(14-20)22-15-27-24-16-26-23(17-31(22)24)28-19-6-8-21(9-7-19)30-10-12-33-13-11-30/h2-9,14-17,28H,1,10-13H2,(H,29,32).